The highest BCUT2D eigenvalue weighted by molar-refractivity contribution is 5.94. The van der Waals surface area contributed by atoms with E-state index in [1.807, 2.05) is 17.0 Å². The van der Waals surface area contributed by atoms with E-state index >= 15 is 0 Å². The van der Waals surface area contributed by atoms with E-state index in [1.165, 1.54) is 5.56 Å². The molecule has 1 heterocycles. The average molecular weight is 311 g/mol. The van der Waals surface area contributed by atoms with Crippen LogP contribution < -0.4 is 5.73 Å². The van der Waals surface area contributed by atoms with Crippen molar-refractivity contribution < 1.29 is 9.90 Å². The molecule has 2 aromatic rings. The van der Waals surface area contributed by atoms with Gasteiger partial charge in [-0.15, -0.1) is 0 Å². The quantitative estimate of drug-likeness (QED) is 0.850. The van der Waals surface area contributed by atoms with Gasteiger partial charge in [-0.25, -0.2) is 0 Å². The molecular weight excluding hydrogens is 290 g/mol. The number of phenolic OH excluding ortho intramolecular Hbond substituents is 1. The first-order valence-electron chi connectivity index (χ1n) is 7.77. The molecule has 0 spiro atoms. The molecule has 2 aromatic carbocycles. The van der Waals surface area contributed by atoms with Crippen LogP contribution in [0.1, 0.15) is 15.9 Å². The van der Waals surface area contributed by atoms with E-state index in [-0.39, 0.29) is 11.7 Å². The predicted molar refractivity (Wildman–Crippen MR) is 90.1 cm³/mol. The van der Waals surface area contributed by atoms with Crippen LogP contribution in [0.2, 0.25) is 0 Å². The number of hydrogen-bond donors (Lipinski definition) is 2. The number of nitrogens with zero attached hydrogens (tertiary/aromatic N) is 2. The third kappa shape index (κ3) is 3.81. The van der Waals surface area contributed by atoms with Crippen molar-refractivity contribution in [3.63, 3.8) is 0 Å². The number of hydrogen-bond acceptors (Lipinski definition) is 4. The van der Waals surface area contributed by atoms with Gasteiger partial charge in [-0.3, -0.25) is 9.69 Å². The van der Waals surface area contributed by atoms with E-state index in [9.17, 15) is 9.90 Å². The maximum absolute atomic E-state index is 12.5. The summed E-state index contributed by atoms with van der Waals surface area (Å²) in [6.45, 7) is 3.98. The fourth-order valence-electron chi connectivity index (χ4n) is 2.78. The van der Waals surface area contributed by atoms with E-state index in [0.29, 0.717) is 11.3 Å². The Balaban J connectivity index is 1.54. The van der Waals surface area contributed by atoms with Gasteiger partial charge in [0.15, 0.2) is 0 Å². The van der Waals surface area contributed by atoms with Crippen LogP contribution in [0.3, 0.4) is 0 Å². The van der Waals surface area contributed by atoms with Gasteiger partial charge < -0.3 is 15.7 Å². The van der Waals surface area contributed by atoms with Crippen molar-refractivity contribution in [2.24, 2.45) is 0 Å². The standard InChI is InChI=1S/C18H21N3O2/c19-16-5-3-15(4-6-16)18(23)21-11-9-20(10-12-21)13-14-1-7-17(22)8-2-14/h1-8,22H,9-13,19H2. The van der Waals surface area contributed by atoms with Gasteiger partial charge in [-0.1, -0.05) is 12.1 Å². The van der Waals surface area contributed by atoms with Gasteiger partial charge in [0.25, 0.3) is 5.91 Å². The minimum absolute atomic E-state index is 0.0642. The Morgan fingerprint density at radius 2 is 1.57 bits per heavy atom. The fraction of sp³-hybridized carbons (Fsp3) is 0.278. The number of anilines is 1. The Hall–Kier alpha value is -2.53. The second-order valence-electron chi connectivity index (χ2n) is 5.86. The Labute approximate surface area is 135 Å². The van der Waals surface area contributed by atoms with E-state index in [1.54, 1.807) is 36.4 Å². The average Bonchev–Trinajstić information content (AvgIpc) is 2.58. The molecule has 3 N–H and O–H groups in total. The molecule has 1 aliphatic rings. The molecule has 0 aromatic heterocycles. The number of piperazine rings is 1. The summed E-state index contributed by atoms with van der Waals surface area (Å²) in [5, 5.41) is 9.32. The van der Waals surface area contributed by atoms with Gasteiger partial charge in [-0.05, 0) is 42.0 Å². The van der Waals surface area contributed by atoms with E-state index in [4.69, 9.17) is 5.73 Å². The molecule has 1 saturated heterocycles. The van der Waals surface area contributed by atoms with E-state index < -0.39 is 0 Å². The van der Waals surface area contributed by atoms with Crippen molar-refractivity contribution in [3.8, 4) is 5.75 Å². The summed E-state index contributed by atoms with van der Waals surface area (Å²) in [6.07, 6.45) is 0. The number of carbonyl (C=O) groups excluding carboxylic acids is 1. The summed E-state index contributed by atoms with van der Waals surface area (Å²) >= 11 is 0. The maximum Gasteiger partial charge on any atom is 0.253 e. The van der Waals surface area contributed by atoms with Gasteiger partial charge in [0, 0.05) is 44.0 Å². The third-order valence-electron chi connectivity index (χ3n) is 4.16. The summed E-state index contributed by atoms with van der Waals surface area (Å²) in [7, 11) is 0. The highest BCUT2D eigenvalue weighted by Crippen LogP contribution is 2.15. The lowest BCUT2D eigenvalue weighted by Crippen LogP contribution is -2.48. The van der Waals surface area contributed by atoms with Crippen LogP contribution >= 0.6 is 0 Å². The van der Waals surface area contributed by atoms with Crippen molar-refractivity contribution in [2.45, 2.75) is 6.54 Å². The van der Waals surface area contributed by atoms with Crippen LogP contribution in [-0.2, 0) is 6.54 Å². The minimum Gasteiger partial charge on any atom is -0.508 e. The van der Waals surface area contributed by atoms with Crippen molar-refractivity contribution >= 4 is 11.6 Å². The number of aromatic hydroxyl groups is 1. The Bertz CT molecular complexity index is 660. The predicted octanol–water partition coefficient (Wildman–Crippen LogP) is 1.93. The number of carbonyl (C=O) groups is 1. The number of benzene rings is 2. The van der Waals surface area contributed by atoms with Crippen LogP contribution in [-0.4, -0.2) is 47.0 Å². The van der Waals surface area contributed by atoms with Crippen LogP contribution in [0.25, 0.3) is 0 Å². The van der Waals surface area contributed by atoms with Gasteiger partial charge in [0.05, 0.1) is 0 Å². The lowest BCUT2D eigenvalue weighted by atomic mass is 10.1. The fourth-order valence-corrected chi connectivity index (χ4v) is 2.78. The molecule has 0 unspecified atom stereocenters. The number of nitrogens with two attached hydrogens (primary N) is 1. The molecule has 23 heavy (non-hydrogen) atoms. The molecule has 5 nitrogen and oxygen atoms in total. The summed E-state index contributed by atoms with van der Waals surface area (Å²) in [4.78, 5) is 16.7. The van der Waals surface area contributed by atoms with Crippen molar-refractivity contribution in [2.75, 3.05) is 31.9 Å². The highest BCUT2D eigenvalue weighted by atomic mass is 16.3. The second kappa shape index (κ2) is 6.71. The molecule has 1 amide bonds. The van der Waals surface area contributed by atoms with E-state index in [2.05, 4.69) is 4.90 Å². The van der Waals surface area contributed by atoms with Gasteiger partial charge >= 0.3 is 0 Å². The Morgan fingerprint density at radius 1 is 0.957 bits per heavy atom. The van der Waals surface area contributed by atoms with Gasteiger partial charge in [-0.2, -0.15) is 0 Å². The highest BCUT2D eigenvalue weighted by Gasteiger charge is 2.22. The number of amides is 1. The number of rotatable bonds is 3. The summed E-state index contributed by atoms with van der Waals surface area (Å²) in [5.41, 5.74) is 8.18. The number of phenols is 1. The van der Waals surface area contributed by atoms with Crippen molar-refractivity contribution in [1.29, 1.82) is 0 Å². The first-order valence-corrected chi connectivity index (χ1v) is 7.77. The zero-order valence-electron chi connectivity index (χ0n) is 13.0. The lowest BCUT2D eigenvalue weighted by molar-refractivity contribution is 0.0628. The monoisotopic (exact) mass is 311 g/mol. The summed E-state index contributed by atoms with van der Waals surface area (Å²) in [6, 6.07) is 14.3. The largest absolute Gasteiger partial charge is 0.508 e. The molecule has 1 aliphatic heterocycles. The Kier molecular flexibility index (Phi) is 4.48. The smallest absolute Gasteiger partial charge is 0.253 e. The Morgan fingerprint density at radius 3 is 2.17 bits per heavy atom. The zero-order chi connectivity index (χ0) is 16.2. The molecule has 0 saturated carbocycles. The number of nitrogen functional groups attached to an aromatic ring is 1. The van der Waals surface area contributed by atoms with Crippen LogP contribution in [0.4, 0.5) is 5.69 Å². The topological polar surface area (TPSA) is 69.8 Å². The molecule has 5 heteroatoms. The molecular formula is C18H21N3O2. The van der Waals surface area contributed by atoms with Crippen molar-refractivity contribution in [1.82, 2.24) is 9.80 Å². The molecule has 0 bridgehead atoms. The van der Waals surface area contributed by atoms with Crippen LogP contribution in [0, 0.1) is 0 Å². The SMILES string of the molecule is Nc1ccc(C(=O)N2CCN(Cc3ccc(O)cc3)CC2)cc1. The molecule has 120 valence electrons. The lowest BCUT2D eigenvalue weighted by Gasteiger charge is -2.34. The summed E-state index contributed by atoms with van der Waals surface area (Å²) in [5.74, 6) is 0.349. The first-order chi connectivity index (χ1) is 11.1. The molecule has 0 radical (unpaired) electrons. The van der Waals surface area contributed by atoms with Gasteiger partial charge in [0.2, 0.25) is 0 Å². The van der Waals surface area contributed by atoms with Crippen LogP contribution in [0.15, 0.2) is 48.5 Å². The molecule has 0 aliphatic carbocycles. The molecule has 0 atom stereocenters. The summed E-state index contributed by atoms with van der Waals surface area (Å²) < 4.78 is 0. The van der Waals surface area contributed by atoms with Crippen molar-refractivity contribution in [3.05, 3.63) is 59.7 Å². The first kappa shape index (κ1) is 15.4. The molecule has 1 fully saturated rings. The third-order valence-corrected chi connectivity index (χ3v) is 4.16. The maximum atomic E-state index is 12.5. The van der Waals surface area contributed by atoms with Gasteiger partial charge in [0.1, 0.15) is 5.75 Å². The normalized spacial score (nSPS) is 15.6. The second-order valence-corrected chi connectivity index (χ2v) is 5.86. The molecule has 3 rings (SSSR count). The van der Waals surface area contributed by atoms with E-state index in [0.717, 1.165) is 32.7 Å². The zero-order valence-corrected chi connectivity index (χ0v) is 13.0. The van der Waals surface area contributed by atoms with Crippen LogP contribution in [0.5, 0.6) is 5.75 Å². The minimum atomic E-state index is 0.0642.